The molecule has 0 saturated heterocycles. The summed E-state index contributed by atoms with van der Waals surface area (Å²) >= 11 is 12.8. The zero-order chi connectivity index (χ0) is 22.1. The van der Waals surface area contributed by atoms with Crippen LogP contribution in [0, 0.1) is 5.41 Å². The van der Waals surface area contributed by atoms with E-state index in [0.717, 1.165) is 5.56 Å². The molecule has 0 saturated carbocycles. The van der Waals surface area contributed by atoms with Crippen LogP contribution in [0.5, 0.6) is 0 Å². The van der Waals surface area contributed by atoms with Crippen LogP contribution < -0.4 is 4.90 Å². The Morgan fingerprint density at radius 1 is 1.13 bits per heavy atom. The molecule has 0 unspecified atom stereocenters. The van der Waals surface area contributed by atoms with E-state index in [-0.39, 0.29) is 24.2 Å². The normalized spacial score (nSPS) is 19.4. The predicted octanol–water partition coefficient (Wildman–Crippen LogP) is 5.73. The van der Waals surface area contributed by atoms with Crippen molar-refractivity contribution >= 4 is 40.8 Å². The molecule has 1 amide bonds. The zero-order valence-electron chi connectivity index (χ0n) is 17.2. The summed E-state index contributed by atoms with van der Waals surface area (Å²) in [4.78, 5) is 26.4. The third kappa shape index (κ3) is 5.15. The van der Waals surface area contributed by atoms with E-state index in [1.165, 1.54) is 0 Å². The van der Waals surface area contributed by atoms with Gasteiger partial charge in [0.2, 0.25) is 0 Å². The molecule has 0 aliphatic carbocycles. The Morgan fingerprint density at radius 2 is 1.83 bits per heavy atom. The van der Waals surface area contributed by atoms with Crippen LogP contribution in [0.2, 0.25) is 10.0 Å². The van der Waals surface area contributed by atoms with Crippen molar-refractivity contribution in [2.45, 2.75) is 45.8 Å². The summed E-state index contributed by atoms with van der Waals surface area (Å²) in [5.74, 6) is -1.24. The maximum absolute atomic E-state index is 13.5. The molecule has 2 atom stereocenters. The first-order chi connectivity index (χ1) is 14.1. The van der Waals surface area contributed by atoms with E-state index >= 15 is 0 Å². The smallest absolute Gasteiger partial charge is 0.303 e. The van der Waals surface area contributed by atoms with E-state index in [9.17, 15) is 14.7 Å². The molecule has 0 fully saturated rings. The van der Waals surface area contributed by atoms with Crippen LogP contribution in [-0.2, 0) is 14.3 Å². The number of carboxylic acid groups (broad SMARTS) is 1. The van der Waals surface area contributed by atoms with E-state index in [1.807, 2.05) is 45.0 Å². The number of hydrogen-bond donors (Lipinski definition) is 1. The Hall–Kier alpha value is -2.08. The van der Waals surface area contributed by atoms with Gasteiger partial charge in [-0.2, -0.15) is 0 Å². The fraction of sp³-hybridized carbons (Fsp3) is 0.391. The van der Waals surface area contributed by atoms with Crippen molar-refractivity contribution in [1.29, 1.82) is 0 Å². The van der Waals surface area contributed by atoms with Gasteiger partial charge in [-0.15, -0.1) is 0 Å². The third-order valence-corrected chi connectivity index (χ3v) is 5.42. The number of nitrogens with zero attached hydrogens (tertiary/aromatic N) is 1. The first kappa shape index (κ1) is 22.6. The lowest BCUT2D eigenvalue weighted by atomic mass is 9.94. The summed E-state index contributed by atoms with van der Waals surface area (Å²) in [6.07, 6.45) is -1.68. The second-order valence-corrected chi connectivity index (χ2v) is 9.49. The van der Waals surface area contributed by atoms with Gasteiger partial charge < -0.3 is 14.7 Å². The van der Waals surface area contributed by atoms with Gasteiger partial charge in [-0.05, 0) is 36.1 Å². The Kier molecular flexibility index (Phi) is 6.75. The molecular weight excluding hydrogens is 425 g/mol. The molecule has 0 spiro atoms. The van der Waals surface area contributed by atoms with Gasteiger partial charge in [0.15, 0.2) is 0 Å². The topological polar surface area (TPSA) is 66.8 Å². The fourth-order valence-electron chi connectivity index (χ4n) is 3.58. The summed E-state index contributed by atoms with van der Waals surface area (Å²) in [5, 5.41) is 10.2. The van der Waals surface area contributed by atoms with Crippen molar-refractivity contribution in [2.75, 3.05) is 11.4 Å². The van der Waals surface area contributed by atoms with Crippen molar-refractivity contribution in [3.8, 4) is 0 Å². The highest BCUT2D eigenvalue weighted by atomic mass is 35.5. The van der Waals surface area contributed by atoms with Crippen molar-refractivity contribution in [1.82, 2.24) is 0 Å². The van der Waals surface area contributed by atoms with Gasteiger partial charge in [-0.25, -0.2) is 0 Å². The van der Waals surface area contributed by atoms with Crippen LogP contribution in [0.3, 0.4) is 0 Å². The average Bonchev–Trinajstić information content (AvgIpc) is 2.75. The Labute approximate surface area is 186 Å². The van der Waals surface area contributed by atoms with Crippen LogP contribution >= 0.6 is 23.2 Å². The Bertz CT molecular complexity index is 954. The van der Waals surface area contributed by atoms with E-state index in [0.29, 0.717) is 27.8 Å². The standard InChI is InChI=1S/C23H25Cl2NO4/c1-23(2,3)13-26-18-9-8-14(24)12-16(18)21(15-6-4-5-7-17(15)25)30-19(22(26)29)10-11-20(27)28/h4-9,12,19,21H,10-11,13H2,1-3H3,(H,27,28)/t19-,21-/m1/s1. The van der Waals surface area contributed by atoms with Crippen molar-refractivity contribution in [3.63, 3.8) is 0 Å². The number of rotatable bonds is 5. The lowest BCUT2D eigenvalue weighted by molar-refractivity contribution is -0.139. The summed E-state index contributed by atoms with van der Waals surface area (Å²) in [6, 6.07) is 12.6. The highest BCUT2D eigenvalue weighted by molar-refractivity contribution is 6.31. The minimum absolute atomic E-state index is 0.0669. The molecule has 1 aliphatic rings. The maximum atomic E-state index is 13.5. The maximum Gasteiger partial charge on any atom is 0.303 e. The van der Waals surface area contributed by atoms with E-state index < -0.39 is 18.2 Å². The number of benzene rings is 2. The fourth-order valence-corrected chi connectivity index (χ4v) is 4.00. The molecule has 1 N–H and O–H groups in total. The molecule has 2 aromatic rings. The molecule has 1 heterocycles. The van der Waals surface area contributed by atoms with Gasteiger partial charge in [-0.1, -0.05) is 62.2 Å². The predicted molar refractivity (Wildman–Crippen MR) is 118 cm³/mol. The molecule has 3 rings (SSSR count). The molecule has 0 radical (unpaired) electrons. The Morgan fingerprint density at radius 3 is 2.47 bits per heavy atom. The highest BCUT2D eigenvalue weighted by Gasteiger charge is 2.38. The zero-order valence-corrected chi connectivity index (χ0v) is 18.7. The van der Waals surface area contributed by atoms with Gasteiger partial charge in [0.05, 0.1) is 0 Å². The minimum atomic E-state index is -0.979. The number of ether oxygens (including phenoxy) is 1. The lowest BCUT2D eigenvalue weighted by Gasteiger charge is -2.31. The van der Waals surface area contributed by atoms with E-state index in [2.05, 4.69) is 0 Å². The van der Waals surface area contributed by atoms with Crippen LogP contribution in [0.4, 0.5) is 5.69 Å². The molecule has 0 bridgehead atoms. The van der Waals surface area contributed by atoms with Crippen LogP contribution in [0.25, 0.3) is 0 Å². The SMILES string of the molecule is CC(C)(C)CN1C(=O)[C@@H](CCC(=O)O)O[C@H](c2ccccc2Cl)c2cc(Cl)ccc21. The molecular formula is C23H25Cl2NO4. The molecule has 5 nitrogen and oxygen atoms in total. The molecule has 160 valence electrons. The number of carboxylic acids is 1. The summed E-state index contributed by atoms with van der Waals surface area (Å²) in [7, 11) is 0. The van der Waals surface area contributed by atoms with Crippen LogP contribution in [0.1, 0.15) is 50.8 Å². The molecule has 0 aromatic heterocycles. The highest BCUT2D eigenvalue weighted by Crippen LogP contribution is 2.42. The number of anilines is 1. The molecule has 30 heavy (non-hydrogen) atoms. The van der Waals surface area contributed by atoms with Gasteiger partial charge in [0.1, 0.15) is 12.2 Å². The van der Waals surface area contributed by atoms with Gasteiger partial charge in [0, 0.05) is 39.8 Å². The molecule has 2 aromatic carbocycles. The van der Waals surface area contributed by atoms with Crippen molar-refractivity contribution in [3.05, 3.63) is 63.6 Å². The summed E-state index contributed by atoms with van der Waals surface area (Å²) < 4.78 is 6.27. The first-order valence-electron chi connectivity index (χ1n) is 9.79. The summed E-state index contributed by atoms with van der Waals surface area (Å²) in [5.41, 5.74) is 1.94. The van der Waals surface area contributed by atoms with Gasteiger partial charge in [0.25, 0.3) is 5.91 Å². The minimum Gasteiger partial charge on any atom is -0.481 e. The van der Waals surface area contributed by atoms with Crippen molar-refractivity contribution in [2.24, 2.45) is 5.41 Å². The number of amides is 1. The van der Waals surface area contributed by atoms with Gasteiger partial charge >= 0.3 is 5.97 Å². The number of aliphatic carboxylic acids is 1. The van der Waals surface area contributed by atoms with E-state index in [1.54, 1.807) is 23.1 Å². The van der Waals surface area contributed by atoms with Gasteiger partial charge in [-0.3, -0.25) is 9.59 Å². The largest absolute Gasteiger partial charge is 0.481 e. The average molecular weight is 450 g/mol. The lowest BCUT2D eigenvalue weighted by Crippen LogP contribution is -2.43. The second kappa shape index (κ2) is 8.96. The quantitative estimate of drug-likeness (QED) is 0.632. The van der Waals surface area contributed by atoms with Crippen molar-refractivity contribution < 1.29 is 19.4 Å². The molecule has 1 aliphatic heterocycles. The number of halogens is 2. The number of fused-ring (bicyclic) bond motifs is 1. The number of carbonyl (C=O) groups excluding carboxylic acids is 1. The second-order valence-electron chi connectivity index (χ2n) is 8.65. The van der Waals surface area contributed by atoms with Crippen LogP contribution in [-0.4, -0.2) is 29.6 Å². The van der Waals surface area contributed by atoms with E-state index in [4.69, 9.17) is 27.9 Å². The number of carbonyl (C=O) groups is 2. The first-order valence-corrected chi connectivity index (χ1v) is 10.5. The monoisotopic (exact) mass is 449 g/mol. The third-order valence-electron chi connectivity index (χ3n) is 4.85. The molecule has 7 heteroatoms. The van der Waals surface area contributed by atoms with Crippen LogP contribution in [0.15, 0.2) is 42.5 Å². The summed E-state index contributed by atoms with van der Waals surface area (Å²) in [6.45, 7) is 6.57. The Balaban J connectivity index is 2.17. The number of hydrogen-bond acceptors (Lipinski definition) is 3.